The van der Waals surface area contributed by atoms with E-state index in [1.54, 1.807) is 0 Å². The topological polar surface area (TPSA) is 77.8 Å². The zero-order chi connectivity index (χ0) is 14.0. The summed E-state index contributed by atoms with van der Waals surface area (Å²) in [7, 11) is 0. The molecular weight excluding hydrogens is 246 g/mol. The first-order valence-electron chi connectivity index (χ1n) is 6.25. The number of aryl methyl sites for hydroxylation is 1. The van der Waals surface area contributed by atoms with Gasteiger partial charge in [0, 0.05) is 18.8 Å². The SMILES string of the molecule is Cc1ccccc1N1CCC(C(=O)O)(C(=O)O)CC1. The fraction of sp³-hybridized carbons (Fsp3) is 0.429. The van der Waals surface area contributed by atoms with E-state index in [1.165, 1.54) is 0 Å². The molecule has 102 valence electrons. The van der Waals surface area contributed by atoms with Gasteiger partial charge in [0.25, 0.3) is 0 Å². The number of rotatable bonds is 3. The number of piperidine rings is 1. The zero-order valence-electron chi connectivity index (χ0n) is 10.8. The van der Waals surface area contributed by atoms with Gasteiger partial charge in [-0.15, -0.1) is 0 Å². The van der Waals surface area contributed by atoms with E-state index in [1.807, 2.05) is 31.2 Å². The first-order valence-corrected chi connectivity index (χ1v) is 6.25. The Bertz CT molecular complexity index is 488. The molecule has 0 amide bonds. The molecule has 0 spiro atoms. The summed E-state index contributed by atoms with van der Waals surface area (Å²) in [6, 6.07) is 7.84. The Balaban J connectivity index is 2.17. The normalized spacial score (nSPS) is 18.1. The molecule has 5 heteroatoms. The molecule has 1 aromatic carbocycles. The van der Waals surface area contributed by atoms with Crippen molar-refractivity contribution in [2.24, 2.45) is 5.41 Å². The minimum absolute atomic E-state index is 0.131. The highest BCUT2D eigenvalue weighted by molar-refractivity contribution is 5.98. The lowest BCUT2D eigenvalue weighted by molar-refractivity contribution is -0.166. The summed E-state index contributed by atoms with van der Waals surface area (Å²) in [5, 5.41) is 18.3. The summed E-state index contributed by atoms with van der Waals surface area (Å²) >= 11 is 0. The van der Waals surface area contributed by atoms with Crippen molar-refractivity contribution < 1.29 is 19.8 Å². The van der Waals surface area contributed by atoms with Gasteiger partial charge in [-0.1, -0.05) is 18.2 Å². The van der Waals surface area contributed by atoms with E-state index in [0.29, 0.717) is 13.1 Å². The van der Waals surface area contributed by atoms with E-state index in [9.17, 15) is 19.8 Å². The van der Waals surface area contributed by atoms with Crippen molar-refractivity contribution in [3.63, 3.8) is 0 Å². The molecule has 2 rings (SSSR count). The van der Waals surface area contributed by atoms with Crippen LogP contribution in [0.3, 0.4) is 0 Å². The van der Waals surface area contributed by atoms with Crippen molar-refractivity contribution in [2.75, 3.05) is 18.0 Å². The lowest BCUT2D eigenvalue weighted by atomic mass is 9.78. The van der Waals surface area contributed by atoms with Crippen LogP contribution in [0, 0.1) is 12.3 Å². The van der Waals surface area contributed by atoms with Gasteiger partial charge in [0.05, 0.1) is 0 Å². The quantitative estimate of drug-likeness (QED) is 0.812. The van der Waals surface area contributed by atoms with Crippen molar-refractivity contribution in [3.8, 4) is 0 Å². The molecule has 1 aliphatic heterocycles. The van der Waals surface area contributed by atoms with Crippen molar-refractivity contribution in [1.29, 1.82) is 0 Å². The summed E-state index contributed by atoms with van der Waals surface area (Å²) < 4.78 is 0. The van der Waals surface area contributed by atoms with Crippen LogP contribution in [0.2, 0.25) is 0 Å². The van der Waals surface area contributed by atoms with Crippen LogP contribution < -0.4 is 4.90 Å². The molecule has 1 aromatic rings. The molecule has 5 nitrogen and oxygen atoms in total. The van der Waals surface area contributed by atoms with Crippen LogP contribution in [0.1, 0.15) is 18.4 Å². The third-order valence-corrected chi connectivity index (χ3v) is 3.89. The van der Waals surface area contributed by atoms with Crippen molar-refractivity contribution >= 4 is 17.6 Å². The number of carboxylic acid groups (broad SMARTS) is 2. The minimum atomic E-state index is -1.63. The fourth-order valence-electron chi connectivity index (χ4n) is 2.57. The van der Waals surface area contributed by atoms with Crippen LogP contribution in [-0.2, 0) is 9.59 Å². The Hall–Kier alpha value is -2.04. The van der Waals surface area contributed by atoms with Crippen molar-refractivity contribution in [2.45, 2.75) is 19.8 Å². The average molecular weight is 263 g/mol. The Morgan fingerprint density at radius 2 is 1.63 bits per heavy atom. The van der Waals surface area contributed by atoms with Gasteiger partial charge in [-0.25, -0.2) is 0 Å². The van der Waals surface area contributed by atoms with Gasteiger partial charge in [-0.2, -0.15) is 0 Å². The van der Waals surface area contributed by atoms with Gasteiger partial charge in [-0.05, 0) is 31.4 Å². The third-order valence-electron chi connectivity index (χ3n) is 3.89. The molecule has 0 unspecified atom stereocenters. The van der Waals surface area contributed by atoms with Crippen LogP contribution in [-0.4, -0.2) is 35.2 Å². The van der Waals surface area contributed by atoms with Crippen molar-refractivity contribution in [1.82, 2.24) is 0 Å². The first-order chi connectivity index (χ1) is 8.97. The predicted molar refractivity (Wildman–Crippen MR) is 70.3 cm³/mol. The maximum Gasteiger partial charge on any atom is 0.321 e. The van der Waals surface area contributed by atoms with Gasteiger partial charge in [0.1, 0.15) is 0 Å². The molecule has 1 heterocycles. The maximum atomic E-state index is 11.2. The molecule has 0 aliphatic carbocycles. The van der Waals surface area contributed by atoms with Crippen LogP contribution >= 0.6 is 0 Å². The molecular formula is C14H17NO4. The highest BCUT2D eigenvalue weighted by Gasteiger charge is 2.48. The summed E-state index contributed by atoms with van der Waals surface area (Å²) in [4.78, 5) is 24.5. The lowest BCUT2D eigenvalue weighted by Gasteiger charge is -2.37. The second kappa shape index (κ2) is 4.91. The molecule has 19 heavy (non-hydrogen) atoms. The molecule has 1 aliphatic rings. The van der Waals surface area contributed by atoms with Crippen LogP contribution in [0.4, 0.5) is 5.69 Å². The van der Waals surface area contributed by atoms with E-state index in [4.69, 9.17) is 0 Å². The van der Waals surface area contributed by atoms with E-state index in [0.717, 1.165) is 11.3 Å². The van der Waals surface area contributed by atoms with Crippen molar-refractivity contribution in [3.05, 3.63) is 29.8 Å². The van der Waals surface area contributed by atoms with Crippen LogP contribution in [0.15, 0.2) is 24.3 Å². The van der Waals surface area contributed by atoms with Gasteiger partial charge in [-0.3, -0.25) is 9.59 Å². The Morgan fingerprint density at radius 1 is 1.11 bits per heavy atom. The number of benzene rings is 1. The molecule has 0 radical (unpaired) electrons. The van der Waals surface area contributed by atoms with Gasteiger partial charge < -0.3 is 15.1 Å². The zero-order valence-corrected chi connectivity index (χ0v) is 10.8. The number of hydrogen-bond donors (Lipinski definition) is 2. The third kappa shape index (κ3) is 2.28. The Labute approximate surface area is 111 Å². The number of aliphatic carboxylic acids is 2. The number of nitrogens with zero attached hydrogens (tertiary/aromatic N) is 1. The number of carboxylic acids is 2. The number of para-hydroxylation sites is 1. The number of anilines is 1. The number of hydrogen-bond acceptors (Lipinski definition) is 3. The molecule has 1 saturated heterocycles. The van der Waals surface area contributed by atoms with E-state index < -0.39 is 17.4 Å². The summed E-state index contributed by atoms with van der Waals surface area (Å²) in [6.07, 6.45) is 0.262. The van der Waals surface area contributed by atoms with E-state index >= 15 is 0 Å². The van der Waals surface area contributed by atoms with Gasteiger partial charge in [0.15, 0.2) is 5.41 Å². The minimum Gasteiger partial charge on any atom is -0.480 e. The summed E-state index contributed by atoms with van der Waals surface area (Å²) in [5.41, 5.74) is 0.534. The predicted octanol–water partition coefficient (Wildman–Crippen LogP) is 1.75. The van der Waals surface area contributed by atoms with Crippen LogP contribution in [0.25, 0.3) is 0 Å². The highest BCUT2D eigenvalue weighted by atomic mass is 16.4. The Kier molecular flexibility index (Phi) is 3.46. The highest BCUT2D eigenvalue weighted by Crippen LogP contribution is 2.35. The molecule has 0 saturated carbocycles. The Morgan fingerprint density at radius 3 is 2.11 bits per heavy atom. The smallest absolute Gasteiger partial charge is 0.321 e. The average Bonchev–Trinajstić information content (AvgIpc) is 2.39. The van der Waals surface area contributed by atoms with E-state index in [-0.39, 0.29) is 12.8 Å². The number of carbonyl (C=O) groups is 2. The fourth-order valence-corrected chi connectivity index (χ4v) is 2.57. The molecule has 0 aromatic heterocycles. The molecule has 2 N–H and O–H groups in total. The van der Waals surface area contributed by atoms with E-state index in [2.05, 4.69) is 4.90 Å². The maximum absolute atomic E-state index is 11.2. The van der Waals surface area contributed by atoms with Gasteiger partial charge >= 0.3 is 11.9 Å². The second-order valence-corrected chi connectivity index (χ2v) is 4.97. The summed E-state index contributed by atoms with van der Waals surface area (Å²) in [5.74, 6) is -2.46. The van der Waals surface area contributed by atoms with Crippen LogP contribution in [0.5, 0.6) is 0 Å². The second-order valence-electron chi connectivity index (χ2n) is 4.97. The van der Waals surface area contributed by atoms with Gasteiger partial charge in [0.2, 0.25) is 0 Å². The largest absolute Gasteiger partial charge is 0.480 e. The molecule has 0 bridgehead atoms. The first kappa shape index (κ1) is 13.4. The lowest BCUT2D eigenvalue weighted by Crippen LogP contribution is -2.49. The molecule has 1 fully saturated rings. The summed E-state index contributed by atoms with van der Waals surface area (Å²) in [6.45, 7) is 2.89. The standard InChI is InChI=1S/C14H17NO4/c1-10-4-2-3-5-11(10)15-8-6-14(7-9-15,12(16)17)13(18)19/h2-5H,6-9H2,1H3,(H,16,17)(H,18,19). The molecule has 0 atom stereocenters. The monoisotopic (exact) mass is 263 g/mol.